The third-order valence-corrected chi connectivity index (χ3v) is 6.10. The van der Waals surface area contributed by atoms with E-state index in [2.05, 4.69) is 41.3 Å². The van der Waals surface area contributed by atoms with E-state index in [1.807, 2.05) is 66.7 Å². The fourth-order valence-electron chi connectivity index (χ4n) is 4.07. The number of nitriles is 1. The van der Waals surface area contributed by atoms with E-state index in [1.54, 1.807) is 12.3 Å². The van der Waals surface area contributed by atoms with Gasteiger partial charge in [-0.25, -0.2) is 15.0 Å². The summed E-state index contributed by atoms with van der Waals surface area (Å²) in [5.41, 5.74) is 11.4. The fourth-order valence-corrected chi connectivity index (χ4v) is 4.07. The lowest BCUT2D eigenvalue weighted by molar-refractivity contribution is 0.537. The Balaban J connectivity index is 1.55. The summed E-state index contributed by atoms with van der Waals surface area (Å²) in [6.45, 7) is 4.62. The van der Waals surface area contributed by atoms with E-state index in [9.17, 15) is 5.26 Å². The van der Waals surface area contributed by atoms with E-state index in [0.29, 0.717) is 29.6 Å². The molecule has 0 aliphatic heterocycles. The normalized spacial score (nSPS) is 11.2. The Labute approximate surface area is 209 Å². The van der Waals surface area contributed by atoms with Crippen LogP contribution in [0.4, 0.5) is 11.6 Å². The number of hydrogen-bond donors (Lipinski definition) is 2. The maximum Gasteiger partial charge on any atom is 0.169 e. The smallest absolute Gasteiger partial charge is 0.169 e. The van der Waals surface area contributed by atoms with Gasteiger partial charge in [-0.1, -0.05) is 62.4 Å². The Morgan fingerprint density at radius 2 is 1.67 bits per heavy atom. The van der Waals surface area contributed by atoms with Crippen molar-refractivity contribution in [2.75, 3.05) is 17.6 Å². The number of nitrogens with two attached hydrogens (primary N) is 1. The van der Waals surface area contributed by atoms with Crippen molar-refractivity contribution >= 4 is 22.5 Å². The molecule has 0 fully saturated rings. The first-order valence-electron chi connectivity index (χ1n) is 11.6. The number of benzene rings is 2. The molecule has 3 heterocycles. The van der Waals surface area contributed by atoms with E-state index in [-0.39, 0.29) is 5.41 Å². The molecule has 7 nitrogen and oxygen atoms in total. The van der Waals surface area contributed by atoms with Crippen LogP contribution in [0.25, 0.3) is 33.4 Å². The van der Waals surface area contributed by atoms with Crippen LogP contribution >= 0.6 is 0 Å². The van der Waals surface area contributed by atoms with Crippen molar-refractivity contribution < 1.29 is 0 Å². The molecule has 5 rings (SSSR count). The monoisotopic (exact) mass is 471 g/mol. The second kappa shape index (κ2) is 9.43. The van der Waals surface area contributed by atoms with Crippen LogP contribution in [0.3, 0.4) is 0 Å². The van der Waals surface area contributed by atoms with Crippen molar-refractivity contribution in [3.63, 3.8) is 0 Å². The topological polar surface area (TPSA) is 113 Å². The largest absolute Gasteiger partial charge is 0.381 e. The number of nitrogens with one attached hydrogen (secondary N) is 1. The first kappa shape index (κ1) is 22.9. The van der Waals surface area contributed by atoms with Gasteiger partial charge in [0.05, 0.1) is 16.9 Å². The van der Waals surface area contributed by atoms with Crippen molar-refractivity contribution in [2.45, 2.75) is 19.3 Å². The third kappa shape index (κ3) is 4.57. The Morgan fingerprint density at radius 3 is 2.47 bits per heavy atom. The molecule has 0 amide bonds. The minimum Gasteiger partial charge on any atom is -0.381 e. The highest BCUT2D eigenvalue weighted by molar-refractivity contribution is 5.88. The molecule has 0 aliphatic carbocycles. The lowest BCUT2D eigenvalue weighted by Crippen LogP contribution is -2.29. The summed E-state index contributed by atoms with van der Waals surface area (Å²) < 4.78 is 0. The summed E-state index contributed by atoms with van der Waals surface area (Å²) >= 11 is 0. The summed E-state index contributed by atoms with van der Waals surface area (Å²) in [4.78, 5) is 18.6. The number of pyridine rings is 2. The Hall–Kier alpha value is -4.83. The number of fused-ring (bicyclic) bond motifs is 1. The van der Waals surface area contributed by atoms with Crippen LogP contribution in [0.5, 0.6) is 0 Å². The number of nitrogen functional groups attached to an aromatic ring is 1. The van der Waals surface area contributed by atoms with Crippen LogP contribution in [-0.4, -0.2) is 26.5 Å². The number of nitrogens with zero attached hydrogens (tertiary/aromatic N) is 5. The molecule has 7 heteroatoms. The van der Waals surface area contributed by atoms with E-state index < -0.39 is 0 Å². The second-order valence-corrected chi connectivity index (χ2v) is 9.19. The van der Waals surface area contributed by atoms with Gasteiger partial charge in [-0.2, -0.15) is 5.26 Å². The van der Waals surface area contributed by atoms with Crippen LogP contribution in [0.1, 0.15) is 25.2 Å². The van der Waals surface area contributed by atoms with Crippen LogP contribution in [0, 0.1) is 11.3 Å². The van der Waals surface area contributed by atoms with Gasteiger partial charge in [-0.05, 0) is 30.3 Å². The van der Waals surface area contributed by atoms with Crippen molar-refractivity contribution in [3.8, 4) is 28.6 Å². The van der Waals surface area contributed by atoms with Gasteiger partial charge >= 0.3 is 0 Å². The average Bonchev–Trinajstić information content (AvgIpc) is 2.92. The van der Waals surface area contributed by atoms with Gasteiger partial charge in [0.25, 0.3) is 0 Å². The Kier molecular flexibility index (Phi) is 6.01. The van der Waals surface area contributed by atoms with Crippen LogP contribution in [0.2, 0.25) is 0 Å². The predicted octanol–water partition coefficient (Wildman–Crippen LogP) is 5.60. The van der Waals surface area contributed by atoms with Crippen molar-refractivity contribution in [1.29, 1.82) is 5.26 Å². The highest BCUT2D eigenvalue weighted by Crippen LogP contribution is 2.34. The summed E-state index contributed by atoms with van der Waals surface area (Å²) in [5.74, 6) is 0.815. The minimum atomic E-state index is -0.381. The summed E-state index contributed by atoms with van der Waals surface area (Å²) in [6.07, 6.45) is 1.78. The molecule has 0 bridgehead atoms. The molecule has 3 aromatic heterocycles. The van der Waals surface area contributed by atoms with Gasteiger partial charge in [0.2, 0.25) is 0 Å². The zero-order valence-electron chi connectivity index (χ0n) is 20.1. The first-order chi connectivity index (χ1) is 17.4. The van der Waals surface area contributed by atoms with Gasteiger partial charge in [-0.15, -0.1) is 0 Å². The fraction of sp³-hybridized carbons (Fsp3) is 0.138. The molecule has 3 N–H and O–H groups in total. The summed E-state index contributed by atoms with van der Waals surface area (Å²) in [6, 6.07) is 27.5. The second-order valence-electron chi connectivity index (χ2n) is 9.19. The van der Waals surface area contributed by atoms with Gasteiger partial charge in [0.15, 0.2) is 11.6 Å². The highest BCUT2D eigenvalue weighted by atomic mass is 15.1. The van der Waals surface area contributed by atoms with E-state index in [1.165, 1.54) is 0 Å². The molecular formula is C29H25N7. The van der Waals surface area contributed by atoms with Crippen LogP contribution in [0.15, 0.2) is 85.1 Å². The number of hydrogen-bond acceptors (Lipinski definition) is 7. The SMILES string of the molecule is CC(C)(CNc1nc(-c2ccc3ncccc3c2)c(-c2ccccc2)nc1N)c1cccc(C#N)n1. The molecule has 0 saturated carbocycles. The van der Waals surface area contributed by atoms with Gasteiger partial charge in [-0.3, -0.25) is 4.98 Å². The van der Waals surface area contributed by atoms with Crippen molar-refractivity contribution in [3.05, 3.63) is 96.4 Å². The molecule has 0 spiro atoms. The summed E-state index contributed by atoms with van der Waals surface area (Å²) in [5, 5.41) is 13.6. The molecule has 36 heavy (non-hydrogen) atoms. The average molecular weight is 472 g/mol. The van der Waals surface area contributed by atoms with Crippen LogP contribution in [-0.2, 0) is 5.41 Å². The third-order valence-electron chi connectivity index (χ3n) is 6.10. The Morgan fingerprint density at radius 1 is 0.861 bits per heavy atom. The standard InChI is InChI=1S/C29H25N7/c1-29(2,24-12-6-11-22(17-30)34-24)18-33-28-27(31)35-25(19-8-4-3-5-9-19)26(36-28)21-13-14-23-20(16-21)10-7-15-32-23/h3-16H,18H2,1-2H3,(H2,31,35)(H,33,36). The highest BCUT2D eigenvalue weighted by Gasteiger charge is 2.24. The molecule has 0 saturated heterocycles. The van der Waals surface area contributed by atoms with Gasteiger partial charge in [0.1, 0.15) is 11.8 Å². The molecule has 0 aliphatic rings. The lowest BCUT2D eigenvalue weighted by atomic mass is 9.88. The van der Waals surface area contributed by atoms with Crippen LogP contribution < -0.4 is 11.1 Å². The molecule has 0 atom stereocenters. The molecule has 176 valence electrons. The van der Waals surface area contributed by atoms with E-state index >= 15 is 0 Å². The Bertz CT molecular complexity index is 1590. The van der Waals surface area contributed by atoms with Crippen molar-refractivity contribution in [2.24, 2.45) is 0 Å². The first-order valence-corrected chi connectivity index (χ1v) is 11.6. The molecule has 0 unspecified atom stereocenters. The number of rotatable bonds is 6. The molecule has 2 aromatic carbocycles. The van der Waals surface area contributed by atoms with Crippen molar-refractivity contribution in [1.82, 2.24) is 19.9 Å². The quantitative estimate of drug-likeness (QED) is 0.331. The van der Waals surface area contributed by atoms with E-state index in [4.69, 9.17) is 15.7 Å². The predicted molar refractivity (Wildman–Crippen MR) is 143 cm³/mol. The molecule has 5 aromatic rings. The number of aromatic nitrogens is 4. The minimum absolute atomic E-state index is 0.314. The maximum absolute atomic E-state index is 9.23. The number of anilines is 2. The maximum atomic E-state index is 9.23. The zero-order chi connectivity index (χ0) is 25.1. The van der Waals surface area contributed by atoms with Gasteiger partial charge < -0.3 is 11.1 Å². The van der Waals surface area contributed by atoms with E-state index in [0.717, 1.165) is 33.4 Å². The molecular weight excluding hydrogens is 446 g/mol. The zero-order valence-corrected chi connectivity index (χ0v) is 20.1. The molecule has 0 radical (unpaired) electrons. The summed E-state index contributed by atoms with van der Waals surface area (Å²) in [7, 11) is 0. The van der Waals surface area contributed by atoms with Gasteiger partial charge in [0, 0.05) is 40.4 Å². The lowest BCUT2D eigenvalue weighted by Gasteiger charge is -2.25.